The number of amides is 1. The van der Waals surface area contributed by atoms with Crippen LogP contribution in [0, 0.1) is 5.92 Å². The molecule has 0 N–H and O–H groups in total. The highest BCUT2D eigenvalue weighted by Gasteiger charge is 2.26. The molecule has 0 aliphatic carbocycles. The summed E-state index contributed by atoms with van der Waals surface area (Å²) < 4.78 is 13.0. The Morgan fingerprint density at radius 2 is 2.27 bits per heavy atom. The molecule has 0 aromatic carbocycles. The van der Waals surface area contributed by atoms with Crippen molar-refractivity contribution in [2.24, 2.45) is 5.92 Å². The Morgan fingerprint density at radius 1 is 1.64 bits per heavy atom. The summed E-state index contributed by atoms with van der Waals surface area (Å²) in [5.74, 6) is 0.102. The summed E-state index contributed by atoms with van der Waals surface area (Å²) in [6.07, 6.45) is -0.0338. The van der Waals surface area contributed by atoms with Crippen molar-refractivity contribution in [3.63, 3.8) is 0 Å². The van der Waals surface area contributed by atoms with Crippen LogP contribution in [0.15, 0.2) is 0 Å². The lowest BCUT2D eigenvalue weighted by Crippen LogP contribution is -2.43. The van der Waals surface area contributed by atoms with Gasteiger partial charge < -0.3 is 4.90 Å². The second-order valence-corrected chi connectivity index (χ2v) is 3.25. The highest BCUT2D eigenvalue weighted by atomic mass is 19.1. The Labute approximate surface area is 66.4 Å². The van der Waals surface area contributed by atoms with E-state index in [-0.39, 0.29) is 18.4 Å². The van der Waals surface area contributed by atoms with Gasteiger partial charge in [0.1, 0.15) is 6.17 Å². The van der Waals surface area contributed by atoms with E-state index in [1.165, 1.54) is 6.92 Å². The lowest BCUT2D eigenvalue weighted by Gasteiger charge is -2.32. The zero-order valence-electron chi connectivity index (χ0n) is 7.01. The molecular formula is C8H14FNO. The van der Waals surface area contributed by atoms with Crippen LogP contribution in [0.4, 0.5) is 4.39 Å². The zero-order valence-corrected chi connectivity index (χ0v) is 7.01. The van der Waals surface area contributed by atoms with E-state index in [1.54, 1.807) is 4.90 Å². The van der Waals surface area contributed by atoms with E-state index in [9.17, 15) is 9.18 Å². The number of nitrogens with zero attached hydrogens (tertiary/aromatic N) is 1. The average molecular weight is 159 g/mol. The van der Waals surface area contributed by atoms with Gasteiger partial charge in [0, 0.05) is 13.5 Å². The molecule has 11 heavy (non-hydrogen) atoms. The molecule has 1 amide bonds. The highest BCUT2D eigenvalue weighted by Crippen LogP contribution is 2.19. The Morgan fingerprint density at radius 3 is 2.73 bits per heavy atom. The molecule has 1 fully saturated rings. The third-order valence-corrected chi connectivity index (χ3v) is 2.31. The van der Waals surface area contributed by atoms with Crippen molar-refractivity contribution in [1.29, 1.82) is 0 Å². The number of likely N-dealkylation sites (tertiary alicyclic amines) is 1. The predicted octanol–water partition coefficient (Wildman–Crippen LogP) is 1.21. The van der Waals surface area contributed by atoms with Crippen molar-refractivity contribution < 1.29 is 9.18 Å². The lowest BCUT2D eigenvalue weighted by atomic mass is 9.97. The van der Waals surface area contributed by atoms with Crippen LogP contribution in [0.5, 0.6) is 0 Å². The van der Waals surface area contributed by atoms with Crippen molar-refractivity contribution in [3.05, 3.63) is 0 Å². The molecular weight excluding hydrogens is 145 g/mol. The molecule has 0 bridgehead atoms. The van der Waals surface area contributed by atoms with Gasteiger partial charge in [0.15, 0.2) is 0 Å². The SMILES string of the molecule is CC(=O)N1CC[C@H](C)[C@H](F)C1. The summed E-state index contributed by atoms with van der Waals surface area (Å²) in [6.45, 7) is 4.39. The molecule has 2 nitrogen and oxygen atoms in total. The van der Waals surface area contributed by atoms with Crippen LogP contribution in [0.25, 0.3) is 0 Å². The van der Waals surface area contributed by atoms with Crippen LogP contribution in [0.2, 0.25) is 0 Å². The monoisotopic (exact) mass is 159 g/mol. The van der Waals surface area contributed by atoms with E-state index >= 15 is 0 Å². The van der Waals surface area contributed by atoms with Crippen LogP contribution in [-0.2, 0) is 4.79 Å². The van der Waals surface area contributed by atoms with Gasteiger partial charge in [0.2, 0.25) is 5.91 Å². The number of hydrogen-bond donors (Lipinski definition) is 0. The number of carbonyl (C=O) groups excluding carboxylic acids is 1. The van der Waals surface area contributed by atoms with Gasteiger partial charge in [-0.15, -0.1) is 0 Å². The van der Waals surface area contributed by atoms with E-state index in [0.29, 0.717) is 0 Å². The Hall–Kier alpha value is -0.600. The molecule has 0 unspecified atom stereocenters. The summed E-state index contributed by atoms with van der Waals surface area (Å²) in [6, 6.07) is 0. The van der Waals surface area contributed by atoms with Crippen molar-refractivity contribution >= 4 is 5.91 Å². The predicted molar refractivity (Wildman–Crippen MR) is 40.9 cm³/mol. The van der Waals surface area contributed by atoms with Crippen LogP contribution >= 0.6 is 0 Å². The molecule has 2 atom stereocenters. The van der Waals surface area contributed by atoms with Gasteiger partial charge in [-0.3, -0.25) is 4.79 Å². The van der Waals surface area contributed by atoms with E-state index in [0.717, 1.165) is 13.0 Å². The van der Waals surface area contributed by atoms with Crippen molar-refractivity contribution in [2.75, 3.05) is 13.1 Å². The second kappa shape index (κ2) is 3.20. The molecule has 0 aromatic rings. The van der Waals surface area contributed by atoms with E-state index < -0.39 is 6.17 Å². The molecule has 0 spiro atoms. The molecule has 0 aromatic heterocycles. The number of carbonyl (C=O) groups is 1. The van der Waals surface area contributed by atoms with E-state index in [2.05, 4.69) is 0 Å². The summed E-state index contributed by atoms with van der Waals surface area (Å²) in [5.41, 5.74) is 0. The zero-order chi connectivity index (χ0) is 8.43. The molecule has 64 valence electrons. The minimum atomic E-state index is -0.826. The Kier molecular flexibility index (Phi) is 2.47. The topological polar surface area (TPSA) is 20.3 Å². The first-order chi connectivity index (χ1) is 5.11. The van der Waals surface area contributed by atoms with Gasteiger partial charge in [-0.2, -0.15) is 0 Å². The number of alkyl halides is 1. The first kappa shape index (κ1) is 8.50. The molecule has 1 saturated heterocycles. The lowest BCUT2D eigenvalue weighted by molar-refractivity contribution is -0.131. The fourth-order valence-electron chi connectivity index (χ4n) is 1.31. The molecule has 1 rings (SSSR count). The maximum absolute atomic E-state index is 13.0. The number of hydrogen-bond acceptors (Lipinski definition) is 1. The van der Waals surface area contributed by atoms with Crippen molar-refractivity contribution in [1.82, 2.24) is 4.90 Å². The summed E-state index contributed by atoms with van der Waals surface area (Å²) in [7, 11) is 0. The Balaban J connectivity index is 2.46. The van der Waals surface area contributed by atoms with Gasteiger partial charge in [-0.05, 0) is 12.3 Å². The third-order valence-electron chi connectivity index (χ3n) is 2.31. The second-order valence-electron chi connectivity index (χ2n) is 3.25. The molecule has 3 heteroatoms. The first-order valence-electron chi connectivity index (χ1n) is 4.01. The fraction of sp³-hybridized carbons (Fsp3) is 0.875. The molecule has 0 radical (unpaired) electrons. The summed E-state index contributed by atoms with van der Waals surface area (Å²) in [4.78, 5) is 12.4. The first-order valence-corrected chi connectivity index (χ1v) is 4.01. The minimum Gasteiger partial charge on any atom is -0.340 e. The van der Waals surface area contributed by atoms with Crippen LogP contribution < -0.4 is 0 Å². The maximum Gasteiger partial charge on any atom is 0.219 e. The van der Waals surface area contributed by atoms with Crippen molar-refractivity contribution in [3.8, 4) is 0 Å². The summed E-state index contributed by atoms with van der Waals surface area (Å²) >= 11 is 0. The van der Waals surface area contributed by atoms with Crippen LogP contribution in [0.3, 0.4) is 0 Å². The minimum absolute atomic E-state index is 0.0143. The smallest absolute Gasteiger partial charge is 0.219 e. The molecule has 1 aliphatic heterocycles. The average Bonchev–Trinajstić information content (AvgIpc) is 1.94. The molecule has 1 heterocycles. The maximum atomic E-state index is 13.0. The van der Waals surface area contributed by atoms with Gasteiger partial charge in [0.05, 0.1) is 6.54 Å². The fourth-order valence-corrected chi connectivity index (χ4v) is 1.31. The Bertz CT molecular complexity index is 160. The van der Waals surface area contributed by atoms with Gasteiger partial charge in [-0.1, -0.05) is 6.92 Å². The van der Waals surface area contributed by atoms with Crippen molar-refractivity contribution in [2.45, 2.75) is 26.4 Å². The largest absolute Gasteiger partial charge is 0.340 e. The summed E-state index contributed by atoms with van der Waals surface area (Å²) in [5, 5.41) is 0. The third kappa shape index (κ3) is 1.91. The van der Waals surface area contributed by atoms with E-state index in [1.807, 2.05) is 6.92 Å². The van der Waals surface area contributed by atoms with Gasteiger partial charge in [0.25, 0.3) is 0 Å². The number of piperidine rings is 1. The van der Waals surface area contributed by atoms with Gasteiger partial charge in [-0.25, -0.2) is 4.39 Å². The standard InChI is InChI=1S/C8H14FNO/c1-6-3-4-10(7(2)11)5-8(6)9/h6,8H,3-5H2,1-2H3/t6-,8+/m0/s1. The number of rotatable bonds is 0. The molecule has 0 saturated carbocycles. The number of halogens is 1. The normalized spacial score (nSPS) is 32.1. The van der Waals surface area contributed by atoms with Gasteiger partial charge >= 0.3 is 0 Å². The molecule has 1 aliphatic rings. The van der Waals surface area contributed by atoms with Crippen LogP contribution in [-0.4, -0.2) is 30.1 Å². The highest BCUT2D eigenvalue weighted by molar-refractivity contribution is 5.73. The van der Waals surface area contributed by atoms with Crippen LogP contribution in [0.1, 0.15) is 20.3 Å². The quantitative estimate of drug-likeness (QED) is 0.520. The van der Waals surface area contributed by atoms with E-state index in [4.69, 9.17) is 0 Å².